The fourth-order valence-electron chi connectivity index (χ4n) is 3.70. The third kappa shape index (κ3) is 2.80. The molecule has 2 aromatic carbocycles. The lowest BCUT2D eigenvalue weighted by molar-refractivity contribution is 0.126. The van der Waals surface area contributed by atoms with Crippen LogP contribution in [0.15, 0.2) is 57.8 Å². The van der Waals surface area contributed by atoms with Crippen molar-refractivity contribution in [3.63, 3.8) is 0 Å². The molecule has 4 rings (SSSR count). The van der Waals surface area contributed by atoms with E-state index in [9.17, 15) is 15.2 Å². The van der Waals surface area contributed by atoms with E-state index in [1.54, 1.807) is 19.2 Å². The van der Waals surface area contributed by atoms with Crippen LogP contribution in [0.25, 0.3) is 17.0 Å². The van der Waals surface area contributed by atoms with Gasteiger partial charge in [0.05, 0.1) is 13.2 Å². The fourth-order valence-corrected chi connectivity index (χ4v) is 3.70. The number of benzene rings is 2. The van der Waals surface area contributed by atoms with Crippen molar-refractivity contribution in [2.75, 3.05) is 7.11 Å². The Kier molecular flexibility index (Phi) is 4.27. The highest BCUT2D eigenvalue weighted by molar-refractivity contribution is 5.82. The largest absolute Gasteiger partial charge is 0.496 e. The SMILES string of the molecule is COc1cccc2c1[C@@H](O)[C@H](Cc1c(C#N)c(=O)oc3ccccc13)C=C2. The maximum absolute atomic E-state index is 12.2. The summed E-state index contributed by atoms with van der Waals surface area (Å²) in [4.78, 5) is 12.2. The van der Waals surface area contributed by atoms with Gasteiger partial charge < -0.3 is 14.3 Å². The Morgan fingerprint density at radius 1 is 1.22 bits per heavy atom. The molecule has 1 N–H and O–H groups in total. The summed E-state index contributed by atoms with van der Waals surface area (Å²) in [6.07, 6.45) is 3.38. The Morgan fingerprint density at radius 2 is 2.04 bits per heavy atom. The van der Waals surface area contributed by atoms with Gasteiger partial charge in [-0.1, -0.05) is 42.5 Å². The van der Waals surface area contributed by atoms with Gasteiger partial charge >= 0.3 is 5.63 Å². The van der Waals surface area contributed by atoms with E-state index in [1.807, 2.05) is 48.6 Å². The molecule has 5 nitrogen and oxygen atoms in total. The summed E-state index contributed by atoms with van der Waals surface area (Å²) in [5.74, 6) is 0.318. The first kappa shape index (κ1) is 17.1. The second kappa shape index (κ2) is 6.75. The van der Waals surface area contributed by atoms with Gasteiger partial charge in [0, 0.05) is 16.9 Å². The average Bonchev–Trinajstić information content (AvgIpc) is 2.69. The summed E-state index contributed by atoms with van der Waals surface area (Å²) in [5, 5.41) is 21.2. The lowest BCUT2D eigenvalue weighted by atomic mass is 9.81. The van der Waals surface area contributed by atoms with Crippen molar-refractivity contribution < 1.29 is 14.3 Å². The van der Waals surface area contributed by atoms with Gasteiger partial charge in [0.1, 0.15) is 23.0 Å². The zero-order chi connectivity index (χ0) is 19.0. The molecule has 5 heteroatoms. The number of hydrogen-bond acceptors (Lipinski definition) is 5. The molecular formula is C22H17NO4. The second-order valence-electron chi connectivity index (χ2n) is 6.49. The number of aliphatic hydroxyl groups excluding tert-OH is 1. The molecule has 3 aromatic rings. The molecule has 0 radical (unpaired) electrons. The maximum Gasteiger partial charge on any atom is 0.354 e. The van der Waals surface area contributed by atoms with Crippen molar-refractivity contribution in [1.29, 1.82) is 5.26 Å². The quantitative estimate of drug-likeness (QED) is 0.723. The van der Waals surface area contributed by atoms with Crippen molar-refractivity contribution in [2.45, 2.75) is 12.5 Å². The van der Waals surface area contributed by atoms with Crippen LogP contribution in [-0.4, -0.2) is 12.2 Å². The molecular weight excluding hydrogens is 342 g/mol. The third-order valence-corrected chi connectivity index (χ3v) is 5.02. The van der Waals surface area contributed by atoms with Gasteiger partial charge in [0.15, 0.2) is 0 Å². The minimum atomic E-state index is -0.807. The predicted molar refractivity (Wildman–Crippen MR) is 101 cm³/mol. The normalized spacial score (nSPS) is 18.1. The molecule has 0 spiro atoms. The first-order chi connectivity index (χ1) is 13.1. The molecule has 0 fully saturated rings. The Morgan fingerprint density at radius 3 is 2.81 bits per heavy atom. The monoisotopic (exact) mass is 359 g/mol. The molecule has 0 amide bonds. The molecule has 1 heterocycles. The lowest BCUT2D eigenvalue weighted by Gasteiger charge is -2.27. The van der Waals surface area contributed by atoms with E-state index in [2.05, 4.69) is 0 Å². The van der Waals surface area contributed by atoms with Gasteiger partial charge in [0.25, 0.3) is 0 Å². The van der Waals surface area contributed by atoms with Gasteiger partial charge in [0.2, 0.25) is 0 Å². The molecule has 0 bridgehead atoms. The number of methoxy groups -OCH3 is 1. The van der Waals surface area contributed by atoms with E-state index in [1.165, 1.54) is 0 Å². The zero-order valence-corrected chi connectivity index (χ0v) is 14.7. The van der Waals surface area contributed by atoms with Crippen LogP contribution in [0, 0.1) is 17.2 Å². The van der Waals surface area contributed by atoms with E-state index in [0.717, 1.165) is 11.1 Å². The molecule has 0 saturated carbocycles. The highest BCUT2D eigenvalue weighted by Gasteiger charge is 2.29. The van der Waals surface area contributed by atoms with Crippen LogP contribution >= 0.6 is 0 Å². The van der Waals surface area contributed by atoms with E-state index in [0.29, 0.717) is 28.7 Å². The lowest BCUT2D eigenvalue weighted by Crippen LogP contribution is -2.20. The Labute approximate surface area is 155 Å². The molecule has 0 aliphatic heterocycles. The number of aliphatic hydroxyl groups is 1. The fraction of sp³-hybridized carbons (Fsp3) is 0.182. The summed E-state index contributed by atoms with van der Waals surface area (Å²) < 4.78 is 10.7. The summed E-state index contributed by atoms with van der Waals surface area (Å²) >= 11 is 0. The number of hydrogen-bond donors (Lipinski definition) is 1. The first-order valence-corrected chi connectivity index (χ1v) is 8.62. The maximum atomic E-state index is 12.2. The number of nitriles is 1. The third-order valence-electron chi connectivity index (χ3n) is 5.02. The topological polar surface area (TPSA) is 83.5 Å². The number of rotatable bonds is 3. The van der Waals surface area contributed by atoms with Crippen LogP contribution in [0.4, 0.5) is 0 Å². The number of para-hydroxylation sites is 1. The Balaban J connectivity index is 1.82. The molecule has 1 aliphatic rings. The summed E-state index contributed by atoms with van der Waals surface area (Å²) in [5.41, 5.74) is 1.98. The van der Waals surface area contributed by atoms with Gasteiger partial charge in [-0.2, -0.15) is 5.26 Å². The Bertz CT molecular complexity index is 1150. The standard InChI is InChI=1S/C22H17NO4/c1-26-19-8-4-5-13-9-10-14(21(24)20(13)19)11-16-15-6-2-3-7-18(15)27-22(25)17(16)12-23/h2-10,14,21,24H,11H2,1H3/t14-,21-/m0/s1. The summed E-state index contributed by atoms with van der Waals surface area (Å²) in [7, 11) is 1.57. The molecule has 1 aromatic heterocycles. The smallest absolute Gasteiger partial charge is 0.354 e. The van der Waals surface area contributed by atoms with Crippen LogP contribution in [-0.2, 0) is 6.42 Å². The number of fused-ring (bicyclic) bond motifs is 2. The Hall–Kier alpha value is -3.36. The highest BCUT2D eigenvalue weighted by atomic mass is 16.5. The van der Waals surface area contributed by atoms with Crippen LogP contribution in [0.3, 0.4) is 0 Å². The average molecular weight is 359 g/mol. The van der Waals surface area contributed by atoms with Gasteiger partial charge in [-0.3, -0.25) is 0 Å². The van der Waals surface area contributed by atoms with E-state index < -0.39 is 11.7 Å². The molecule has 2 atom stereocenters. The van der Waals surface area contributed by atoms with Crippen molar-refractivity contribution in [3.8, 4) is 11.8 Å². The molecule has 134 valence electrons. The highest BCUT2D eigenvalue weighted by Crippen LogP contribution is 2.40. The van der Waals surface area contributed by atoms with Crippen molar-refractivity contribution >= 4 is 17.0 Å². The minimum Gasteiger partial charge on any atom is -0.496 e. The van der Waals surface area contributed by atoms with Crippen molar-refractivity contribution in [2.24, 2.45) is 5.92 Å². The summed E-state index contributed by atoms with van der Waals surface area (Å²) in [6, 6.07) is 14.7. The van der Waals surface area contributed by atoms with Crippen LogP contribution < -0.4 is 10.4 Å². The molecule has 1 aliphatic carbocycles. The summed E-state index contributed by atoms with van der Waals surface area (Å²) in [6.45, 7) is 0. The van der Waals surface area contributed by atoms with Crippen LogP contribution in [0.1, 0.15) is 28.4 Å². The van der Waals surface area contributed by atoms with Crippen LogP contribution in [0.2, 0.25) is 0 Å². The van der Waals surface area contributed by atoms with E-state index in [-0.39, 0.29) is 11.5 Å². The number of nitrogens with zero attached hydrogens (tertiary/aromatic N) is 1. The van der Waals surface area contributed by atoms with Crippen molar-refractivity contribution in [3.05, 3.63) is 81.2 Å². The van der Waals surface area contributed by atoms with Gasteiger partial charge in [-0.15, -0.1) is 0 Å². The second-order valence-corrected chi connectivity index (χ2v) is 6.49. The predicted octanol–water partition coefficient (Wildman–Crippen LogP) is 3.59. The number of ether oxygens (including phenoxy) is 1. The van der Waals surface area contributed by atoms with Crippen LogP contribution in [0.5, 0.6) is 5.75 Å². The first-order valence-electron chi connectivity index (χ1n) is 8.62. The minimum absolute atomic E-state index is 0.0138. The van der Waals surface area contributed by atoms with Gasteiger partial charge in [-0.25, -0.2) is 4.79 Å². The van der Waals surface area contributed by atoms with E-state index >= 15 is 0 Å². The van der Waals surface area contributed by atoms with E-state index in [4.69, 9.17) is 9.15 Å². The molecule has 0 saturated heterocycles. The van der Waals surface area contributed by atoms with Crippen molar-refractivity contribution in [1.82, 2.24) is 0 Å². The zero-order valence-electron chi connectivity index (χ0n) is 14.7. The molecule has 0 unspecified atom stereocenters. The molecule has 27 heavy (non-hydrogen) atoms. The van der Waals surface area contributed by atoms with Gasteiger partial charge in [-0.05, 0) is 29.7 Å².